The second-order valence-corrected chi connectivity index (χ2v) is 5.86. The number of benzene rings is 1. The molecule has 2 rings (SSSR count). The summed E-state index contributed by atoms with van der Waals surface area (Å²) in [5.41, 5.74) is 1.75. The molecule has 0 spiro atoms. The summed E-state index contributed by atoms with van der Waals surface area (Å²) in [6, 6.07) is 5.72. The molecule has 0 unspecified atom stereocenters. The largest absolute Gasteiger partial charge is 0.450 e. The summed E-state index contributed by atoms with van der Waals surface area (Å²) in [4.78, 5) is 25.3. The number of rotatable bonds is 6. The standard InChI is InChI=1S/C15H19BrN2O3/c1-2-3-8-21-15(20)17-6-7-18-10-11-4-5-12(16)9-13(11)14(18)19/h4-5,9H,2-3,6-8,10H2,1H3,(H,17,20). The van der Waals surface area contributed by atoms with E-state index in [1.165, 1.54) is 0 Å². The summed E-state index contributed by atoms with van der Waals surface area (Å²) in [6.07, 6.45) is 1.43. The zero-order valence-electron chi connectivity index (χ0n) is 12.0. The van der Waals surface area contributed by atoms with E-state index in [0.29, 0.717) is 26.2 Å². The number of nitrogens with one attached hydrogen (secondary N) is 1. The number of alkyl carbamates (subject to hydrolysis) is 1. The van der Waals surface area contributed by atoms with E-state index in [0.717, 1.165) is 28.4 Å². The number of fused-ring (bicyclic) bond motifs is 1. The quantitative estimate of drug-likeness (QED) is 0.799. The molecule has 1 aliphatic rings. The number of hydrogen-bond acceptors (Lipinski definition) is 3. The Morgan fingerprint density at radius 1 is 1.48 bits per heavy atom. The van der Waals surface area contributed by atoms with E-state index in [4.69, 9.17) is 4.74 Å². The van der Waals surface area contributed by atoms with Crippen LogP contribution in [0.5, 0.6) is 0 Å². The van der Waals surface area contributed by atoms with E-state index in [1.807, 2.05) is 25.1 Å². The fourth-order valence-electron chi connectivity index (χ4n) is 2.17. The van der Waals surface area contributed by atoms with Crippen molar-refractivity contribution >= 4 is 27.9 Å². The molecule has 1 heterocycles. The third kappa shape index (κ3) is 4.20. The molecule has 5 nitrogen and oxygen atoms in total. The topological polar surface area (TPSA) is 58.6 Å². The van der Waals surface area contributed by atoms with Crippen molar-refractivity contribution in [2.75, 3.05) is 19.7 Å². The van der Waals surface area contributed by atoms with Crippen molar-refractivity contribution in [2.24, 2.45) is 0 Å². The Balaban J connectivity index is 1.76. The molecule has 0 radical (unpaired) electrons. The Bertz CT molecular complexity index is 534. The van der Waals surface area contributed by atoms with E-state index >= 15 is 0 Å². The maximum atomic E-state index is 12.2. The lowest BCUT2D eigenvalue weighted by atomic mass is 10.1. The minimum absolute atomic E-state index is 0.00690. The van der Waals surface area contributed by atoms with Crippen molar-refractivity contribution in [3.05, 3.63) is 33.8 Å². The summed E-state index contributed by atoms with van der Waals surface area (Å²) < 4.78 is 5.89. The number of amides is 2. The van der Waals surface area contributed by atoms with E-state index < -0.39 is 6.09 Å². The SMILES string of the molecule is CCCCOC(=O)NCCN1Cc2ccc(Br)cc2C1=O. The van der Waals surface area contributed by atoms with Crippen molar-refractivity contribution in [2.45, 2.75) is 26.3 Å². The first-order valence-electron chi connectivity index (χ1n) is 7.10. The molecule has 0 aliphatic carbocycles. The molecule has 0 saturated carbocycles. The van der Waals surface area contributed by atoms with Crippen molar-refractivity contribution in [1.29, 1.82) is 0 Å². The molecule has 1 aromatic rings. The lowest BCUT2D eigenvalue weighted by Gasteiger charge is -2.15. The second kappa shape index (κ2) is 7.45. The molecule has 0 fully saturated rings. The fraction of sp³-hybridized carbons (Fsp3) is 0.467. The smallest absolute Gasteiger partial charge is 0.407 e. The summed E-state index contributed by atoms with van der Waals surface area (Å²) in [5.74, 6) is 0.00690. The minimum Gasteiger partial charge on any atom is -0.450 e. The fourth-order valence-corrected chi connectivity index (χ4v) is 2.53. The highest BCUT2D eigenvalue weighted by Crippen LogP contribution is 2.25. The highest BCUT2D eigenvalue weighted by atomic mass is 79.9. The molecule has 0 saturated heterocycles. The predicted octanol–water partition coefficient (Wildman–Crippen LogP) is 2.93. The Hall–Kier alpha value is -1.56. The van der Waals surface area contributed by atoms with Gasteiger partial charge in [-0.3, -0.25) is 4.79 Å². The number of hydrogen-bond donors (Lipinski definition) is 1. The highest BCUT2D eigenvalue weighted by Gasteiger charge is 2.26. The number of ether oxygens (including phenoxy) is 1. The monoisotopic (exact) mass is 354 g/mol. The molecule has 114 valence electrons. The first-order chi connectivity index (χ1) is 10.1. The van der Waals surface area contributed by atoms with Gasteiger partial charge in [0.05, 0.1) is 6.61 Å². The van der Waals surface area contributed by atoms with E-state index in [-0.39, 0.29) is 5.91 Å². The summed E-state index contributed by atoms with van der Waals surface area (Å²) in [5, 5.41) is 2.66. The maximum Gasteiger partial charge on any atom is 0.407 e. The van der Waals surface area contributed by atoms with Crippen LogP contribution in [-0.2, 0) is 11.3 Å². The van der Waals surface area contributed by atoms with Gasteiger partial charge in [0, 0.05) is 29.7 Å². The number of carbonyl (C=O) groups is 2. The summed E-state index contributed by atoms with van der Waals surface area (Å²) in [7, 11) is 0. The molecular formula is C15H19BrN2O3. The van der Waals surface area contributed by atoms with Gasteiger partial charge in [-0.15, -0.1) is 0 Å². The molecule has 6 heteroatoms. The van der Waals surface area contributed by atoms with Crippen molar-refractivity contribution in [3.8, 4) is 0 Å². The lowest BCUT2D eigenvalue weighted by Crippen LogP contribution is -2.35. The van der Waals surface area contributed by atoms with Gasteiger partial charge in [0.25, 0.3) is 5.91 Å². The average molecular weight is 355 g/mol. The number of unbranched alkanes of at least 4 members (excludes halogenated alkanes) is 1. The van der Waals surface area contributed by atoms with Crippen LogP contribution in [0, 0.1) is 0 Å². The van der Waals surface area contributed by atoms with Gasteiger partial charge in [0.15, 0.2) is 0 Å². The molecule has 2 amide bonds. The first-order valence-corrected chi connectivity index (χ1v) is 7.89. The number of nitrogens with zero attached hydrogens (tertiary/aromatic N) is 1. The van der Waals surface area contributed by atoms with Gasteiger partial charge in [-0.25, -0.2) is 4.79 Å². The Kier molecular flexibility index (Phi) is 5.61. The maximum absolute atomic E-state index is 12.2. The van der Waals surface area contributed by atoms with Crippen molar-refractivity contribution in [3.63, 3.8) is 0 Å². The predicted molar refractivity (Wildman–Crippen MR) is 83.1 cm³/mol. The Morgan fingerprint density at radius 2 is 2.29 bits per heavy atom. The van der Waals surface area contributed by atoms with Crippen LogP contribution in [0.25, 0.3) is 0 Å². The van der Waals surface area contributed by atoms with E-state index in [9.17, 15) is 9.59 Å². The van der Waals surface area contributed by atoms with Gasteiger partial charge in [-0.1, -0.05) is 35.3 Å². The summed E-state index contributed by atoms with van der Waals surface area (Å²) in [6.45, 7) is 3.94. The molecule has 1 N–H and O–H groups in total. The van der Waals surface area contributed by atoms with Crippen LogP contribution in [0.3, 0.4) is 0 Å². The molecule has 0 aromatic heterocycles. The average Bonchev–Trinajstić information content (AvgIpc) is 2.76. The van der Waals surface area contributed by atoms with Gasteiger partial charge in [0.1, 0.15) is 0 Å². The van der Waals surface area contributed by atoms with Crippen LogP contribution < -0.4 is 5.32 Å². The van der Waals surface area contributed by atoms with Crippen LogP contribution in [-0.4, -0.2) is 36.6 Å². The van der Waals surface area contributed by atoms with Crippen LogP contribution in [0.15, 0.2) is 22.7 Å². The Morgan fingerprint density at radius 3 is 3.05 bits per heavy atom. The molecule has 1 aliphatic heterocycles. The van der Waals surface area contributed by atoms with Gasteiger partial charge in [-0.05, 0) is 24.1 Å². The molecule has 0 bridgehead atoms. The van der Waals surface area contributed by atoms with Crippen LogP contribution in [0.1, 0.15) is 35.7 Å². The lowest BCUT2D eigenvalue weighted by molar-refractivity contribution is 0.0776. The second-order valence-electron chi connectivity index (χ2n) is 4.94. The Labute approximate surface area is 132 Å². The summed E-state index contributed by atoms with van der Waals surface area (Å²) >= 11 is 3.37. The highest BCUT2D eigenvalue weighted by molar-refractivity contribution is 9.10. The first kappa shape index (κ1) is 15.8. The minimum atomic E-state index is -0.421. The zero-order chi connectivity index (χ0) is 15.2. The van der Waals surface area contributed by atoms with E-state index in [2.05, 4.69) is 21.2 Å². The third-order valence-electron chi connectivity index (χ3n) is 3.33. The van der Waals surface area contributed by atoms with Gasteiger partial charge >= 0.3 is 6.09 Å². The van der Waals surface area contributed by atoms with Gasteiger partial charge < -0.3 is 15.0 Å². The van der Waals surface area contributed by atoms with Crippen LogP contribution in [0.4, 0.5) is 4.79 Å². The normalized spacial score (nSPS) is 13.2. The van der Waals surface area contributed by atoms with Crippen LogP contribution >= 0.6 is 15.9 Å². The molecule has 21 heavy (non-hydrogen) atoms. The molecule has 1 aromatic carbocycles. The van der Waals surface area contributed by atoms with Crippen molar-refractivity contribution < 1.29 is 14.3 Å². The van der Waals surface area contributed by atoms with Gasteiger partial charge in [0.2, 0.25) is 0 Å². The van der Waals surface area contributed by atoms with Gasteiger partial charge in [-0.2, -0.15) is 0 Å². The van der Waals surface area contributed by atoms with Crippen molar-refractivity contribution in [1.82, 2.24) is 10.2 Å². The number of halogens is 1. The third-order valence-corrected chi connectivity index (χ3v) is 3.83. The molecule has 0 atom stereocenters. The van der Waals surface area contributed by atoms with E-state index in [1.54, 1.807) is 4.90 Å². The molecular weight excluding hydrogens is 336 g/mol. The number of carbonyl (C=O) groups excluding carboxylic acids is 2. The zero-order valence-corrected chi connectivity index (χ0v) is 13.6. The van der Waals surface area contributed by atoms with Crippen LogP contribution in [0.2, 0.25) is 0 Å².